The summed E-state index contributed by atoms with van der Waals surface area (Å²) in [6.07, 6.45) is 1.30. The molecule has 0 spiro atoms. The molecule has 0 radical (unpaired) electrons. The first-order valence-electron chi connectivity index (χ1n) is 5.95. The number of benzene rings is 1. The minimum absolute atomic E-state index is 0.151. The first-order valence-corrected chi connectivity index (χ1v) is 5.95. The summed E-state index contributed by atoms with van der Waals surface area (Å²) in [6.45, 7) is 0.635. The molecule has 1 aliphatic rings. The second-order valence-corrected chi connectivity index (χ2v) is 4.15. The zero-order valence-corrected chi connectivity index (χ0v) is 10.2. The maximum atomic E-state index is 11.8. The molecule has 1 saturated heterocycles. The fourth-order valence-electron chi connectivity index (χ4n) is 1.89. The minimum Gasteiger partial charge on any atom is -0.368 e. The third-order valence-corrected chi connectivity index (χ3v) is 2.84. The lowest BCUT2D eigenvalue weighted by Crippen LogP contribution is -2.27. The van der Waals surface area contributed by atoms with Crippen LogP contribution in [0.4, 0.5) is 5.69 Å². The van der Waals surface area contributed by atoms with Gasteiger partial charge >= 0.3 is 0 Å². The molecule has 0 bridgehead atoms. The normalized spacial score (nSPS) is 18.4. The average molecular weight is 248 g/mol. The Morgan fingerprint density at radius 2 is 2.22 bits per heavy atom. The van der Waals surface area contributed by atoms with Crippen LogP contribution in [0.2, 0.25) is 0 Å². The molecule has 0 unspecified atom stereocenters. The number of rotatable bonds is 3. The topological polar surface area (TPSA) is 67.4 Å². The second-order valence-electron chi connectivity index (χ2n) is 4.15. The monoisotopic (exact) mass is 248 g/mol. The van der Waals surface area contributed by atoms with Crippen LogP contribution in [0.5, 0.6) is 0 Å². The highest BCUT2D eigenvalue weighted by molar-refractivity contribution is 5.98. The lowest BCUT2D eigenvalue weighted by atomic mass is 10.1. The van der Waals surface area contributed by atoms with Gasteiger partial charge in [-0.25, -0.2) is 0 Å². The number of carbonyl (C=O) groups excluding carboxylic acids is 2. The summed E-state index contributed by atoms with van der Waals surface area (Å²) in [4.78, 5) is 23.3. The van der Waals surface area contributed by atoms with Gasteiger partial charge in [-0.3, -0.25) is 9.59 Å². The summed E-state index contributed by atoms with van der Waals surface area (Å²) in [7, 11) is 1.57. The van der Waals surface area contributed by atoms with Crippen LogP contribution in [-0.2, 0) is 9.53 Å². The zero-order chi connectivity index (χ0) is 13.0. The molecular formula is C13H16N2O3. The molecule has 1 aliphatic heterocycles. The van der Waals surface area contributed by atoms with Gasteiger partial charge in [0.15, 0.2) is 0 Å². The Labute approximate surface area is 106 Å². The first kappa shape index (κ1) is 12.6. The molecule has 96 valence electrons. The van der Waals surface area contributed by atoms with Gasteiger partial charge in [0.2, 0.25) is 0 Å². The number of ether oxygens (including phenoxy) is 1. The fourth-order valence-corrected chi connectivity index (χ4v) is 1.89. The molecule has 5 nitrogen and oxygen atoms in total. The van der Waals surface area contributed by atoms with E-state index in [0.717, 1.165) is 12.8 Å². The van der Waals surface area contributed by atoms with Crippen LogP contribution < -0.4 is 10.6 Å². The van der Waals surface area contributed by atoms with Crippen molar-refractivity contribution >= 4 is 17.5 Å². The van der Waals surface area contributed by atoms with Crippen LogP contribution in [0, 0.1) is 0 Å². The van der Waals surface area contributed by atoms with Gasteiger partial charge < -0.3 is 15.4 Å². The molecule has 1 aromatic rings. The highest BCUT2D eigenvalue weighted by Crippen LogP contribution is 2.16. The Morgan fingerprint density at radius 3 is 2.89 bits per heavy atom. The van der Waals surface area contributed by atoms with Gasteiger partial charge in [-0.2, -0.15) is 0 Å². The van der Waals surface area contributed by atoms with E-state index in [4.69, 9.17) is 4.74 Å². The Bertz CT molecular complexity index is 453. The van der Waals surface area contributed by atoms with Crippen molar-refractivity contribution in [2.24, 2.45) is 0 Å². The van der Waals surface area contributed by atoms with Gasteiger partial charge in [-0.15, -0.1) is 0 Å². The van der Waals surface area contributed by atoms with Gasteiger partial charge in [0, 0.05) is 24.9 Å². The fraction of sp³-hybridized carbons (Fsp3) is 0.385. The van der Waals surface area contributed by atoms with E-state index in [9.17, 15) is 9.59 Å². The van der Waals surface area contributed by atoms with Crippen molar-refractivity contribution in [3.05, 3.63) is 29.8 Å². The summed E-state index contributed by atoms with van der Waals surface area (Å²) in [5.41, 5.74) is 1.12. The summed E-state index contributed by atoms with van der Waals surface area (Å²) >= 11 is 0. The molecule has 1 heterocycles. The smallest absolute Gasteiger partial charge is 0.253 e. The van der Waals surface area contributed by atoms with Crippen molar-refractivity contribution < 1.29 is 14.3 Å². The van der Waals surface area contributed by atoms with Crippen molar-refractivity contribution in [2.45, 2.75) is 18.9 Å². The molecular weight excluding hydrogens is 232 g/mol. The van der Waals surface area contributed by atoms with E-state index in [0.29, 0.717) is 17.9 Å². The minimum atomic E-state index is -0.367. The van der Waals surface area contributed by atoms with Crippen LogP contribution >= 0.6 is 0 Å². The van der Waals surface area contributed by atoms with E-state index < -0.39 is 0 Å². The van der Waals surface area contributed by atoms with Crippen molar-refractivity contribution in [1.82, 2.24) is 5.32 Å². The van der Waals surface area contributed by atoms with Gasteiger partial charge in [-0.1, -0.05) is 6.07 Å². The second kappa shape index (κ2) is 5.64. The average Bonchev–Trinajstić information content (AvgIpc) is 2.92. The summed E-state index contributed by atoms with van der Waals surface area (Å²) in [5, 5.41) is 5.30. The molecule has 2 amide bonds. The maximum absolute atomic E-state index is 11.8. The predicted octanol–water partition coefficient (Wildman–Crippen LogP) is 1.16. The molecule has 2 rings (SSSR count). The van der Waals surface area contributed by atoms with E-state index in [1.807, 2.05) is 0 Å². The highest BCUT2D eigenvalue weighted by atomic mass is 16.5. The van der Waals surface area contributed by atoms with Gasteiger partial charge in [0.1, 0.15) is 6.10 Å². The molecule has 0 saturated carbocycles. The van der Waals surface area contributed by atoms with Crippen molar-refractivity contribution in [3.8, 4) is 0 Å². The molecule has 0 aromatic heterocycles. The third-order valence-electron chi connectivity index (χ3n) is 2.84. The number of carbonyl (C=O) groups is 2. The number of anilines is 1. The lowest BCUT2D eigenvalue weighted by molar-refractivity contribution is -0.124. The number of hydrogen-bond acceptors (Lipinski definition) is 3. The largest absolute Gasteiger partial charge is 0.368 e. The van der Waals surface area contributed by atoms with E-state index in [-0.39, 0.29) is 17.9 Å². The van der Waals surface area contributed by atoms with Crippen molar-refractivity contribution in [3.63, 3.8) is 0 Å². The van der Waals surface area contributed by atoms with E-state index in [1.54, 1.807) is 31.3 Å². The Balaban J connectivity index is 2.04. The summed E-state index contributed by atoms with van der Waals surface area (Å²) < 4.78 is 5.29. The molecule has 0 aliphatic carbocycles. The van der Waals surface area contributed by atoms with Crippen LogP contribution in [0.3, 0.4) is 0 Å². The maximum Gasteiger partial charge on any atom is 0.253 e. The summed E-state index contributed by atoms with van der Waals surface area (Å²) in [6, 6.07) is 6.82. The number of nitrogens with one attached hydrogen (secondary N) is 2. The van der Waals surface area contributed by atoms with E-state index >= 15 is 0 Å². The Morgan fingerprint density at radius 1 is 1.39 bits per heavy atom. The van der Waals surface area contributed by atoms with Crippen molar-refractivity contribution in [2.75, 3.05) is 19.0 Å². The van der Waals surface area contributed by atoms with Crippen molar-refractivity contribution in [1.29, 1.82) is 0 Å². The molecule has 1 atom stereocenters. The number of hydrogen-bond donors (Lipinski definition) is 2. The predicted molar refractivity (Wildman–Crippen MR) is 67.4 cm³/mol. The zero-order valence-electron chi connectivity index (χ0n) is 10.2. The summed E-state index contributed by atoms with van der Waals surface area (Å²) in [5.74, 6) is -0.329. The molecule has 1 fully saturated rings. The van der Waals surface area contributed by atoms with Crippen LogP contribution in [0.25, 0.3) is 0 Å². The molecule has 1 aromatic carbocycles. The van der Waals surface area contributed by atoms with Crippen LogP contribution in [0.15, 0.2) is 24.3 Å². The first-order chi connectivity index (χ1) is 8.70. The number of amides is 2. The van der Waals surface area contributed by atoms with E-state index in [2.05, 4.69) is 10.6 Å². The van der Waals surface area contributed by atoms with Crippen LogP contribution in [0.1, 0.15) is 23.2 Å². The Kier molecular flexibility index (Phi) is 3.94. The quantitative estimate of drug-likeness (QED) is 0.843. The highest BCUT2D eigenvalue weighted by Gasteiger charge is 2.23. The van der Waals surface area contributed by atoms with Gasteiger partial charge in [0.05, 0.1) is 0 Å². The molecule has 18 heavy (non-hydrogen) atoms. The molecule has 5 heteroatoms. The lowest BCUT2D eigenvalue weighted by Gasteiger charge is -2.11. The Hall–Kier alpha value is -1.88. The molecule has 2 N–H and O–H groups in total. The van der Waals surface area contributed by atoms with Crippen LogP contribution in [-0.4, -0.2) is 31.6 Å². The van der Waals surface area contributed by atoms with Gasteiger partial charge in [-0.05, 0) is 31.0 Å². The standard InChI is InChI=1S/C13H16N2O3/c1-14-12(16)9-4-2-5-10(8-9)15-13(17)11-6-3-7-18-11/h2,4-5,8,11H,3,6-7H2,1H3,(H,14,16)(H,15,17)/t11-/m1/s1. The van der Waals surface area contributed by atoms with E-state index in [1.165, 1.54) is 0 Å². The van der Waals surface area contributed by atoms with Gasteiger partial charge in [0.25, 0.3) is 11.8 Å². The third kappa shape index (κ3) is 2.87. The SMILES string of the molecule is CNC(=O)c1cccc(NC(=O)[C@H]2CCCO2)c1.